The van der Waals surface area contributed by atoms with Gasteiger partial charge >= 0.3 is 0 Å². The molecule has 3 heteroatoms. The van der Waals surface area contributed by atoms with E-state index in [0.717, 1.165) is 38.9 Å². The average molecular weight is 285 g/mol. The summed E-state index contributed by atoms with van der Waals surface area (Å²) in [5.41, 5.74) is 2.01. The molecular weight excluding hydrogens is 273 g/mol. The second-order valence-electron chi connectivity index (χ2n) is 3.48. The van der Waals surface area contributed by atoms with Crippen molar-refractivity contribution in [3.05, 3.63) is 39.5 Å². The summed E-state index contributed by atoms with van der Waals surface area (Å²) in [4.78, 5) is 4.59. The van der Waals surface area contributed by atoms with Crippen molar-refractivity contribution in [3.63, 3.8) is 0 Å². The maximum atomic E-state index is 6.21. The average Bonchev–Trinajstić information content (AvgIpc) is 2.20. The Bertz CT molecular complexity index is 496. The van der Waals surface area contributed by atoms with Crippen LogP contribution >= 0.6 is 27.5 Å². The summed E-state index contributed by atoms with van der Waals surface area (Å²) < 4.78 is 1.000. The van der Waals surface area contributed by atoms with Crippen LogP contribution in [0.4, 0.5) is 0 Å². The molecule has 2 rings (SSSR count). The number of hydrogen-bond donors (Lipinski definition) is 0. The summed E-state index contributed by atoms with van der Waals surface area (Å²) in [7, 11) is 0. The second-order valence-corrected chi connectivity index (χ2v) is 4.74. The molecule has 78 valence electrons. The summed E-state index contributed by atoms with van der Waals surface area (Å²) in [6, 6.07) is 7.91. The molecule has 2 aromatic rings. The van der Waals surface area contributed by atoms with Crippen LogP contribution in [0.5, 0.6) is 0 Å². The number of para-hydroxylation sites is 1. The Labute approximate surface area is 103 Å². The smallest absolute Gasteiger partial charge is 0.0862 e. The van der Waals surface area contributed by atoms with Crippen molar-refractivity contribution in [3.8, 4) is 0 Å². The fraction of sp³-hybridized carbons (Fsp3) is 0.250. The van der Waals surface area contributed by atoms with E-state index in [1.807, 2.05) is 24.3 Å². The first-order valence-electron chi connectivity index (χ1n) is 4.96. The zero-order chi connectivity index (χ0) is 10.8. The highest BCUT2D eigenvalue weighted by Gasteiger charge is 2.05. The van der Waals surface area contributed by atoms with E-state index in [1.54, 1.807) is 0 Å². The molecule has 0 spiro atoms. The number of halogens is 2. The van der Waals surface area contributed by atoms with Crippen molar-refractivity contribution in [2.45, 2.75) is 19.8 Å². The Morgan fingerprint density at radius 1 is 1.40 bits per heavy atom. The summed E-state index contributed by atoms with van der Waals surface area (Å²) in [5.74, 6) is 0. The van der Waals surface area contributed by atoms with E-state index in [4.69, 9.17) is 11.6 Å². The normalized spacial score (nSPS) is 10.9. The molecule has 0 aliphatic heterocycles. The van der Waals surface area contributed by atoms with Gasteiger partial charge in [-0.2, -0.15) is 0 Å². The fourth-order valence-electron chi connectivity index (χ4n) is 1.61. The molecule has 0 aliphatic rings. The first-order chi connectivity index (χ1) is 7.22. The highest BCUT2D eigenvalue weighted by molar-refractivity contribution is 9.10. The first kappa shape index (κ1) is 10.9. The van der Waals surface area contributed by atoms with Crippen LogP contribution in [0.15, 0.2) is 28.7 Å². The van der Waals surface area contributed by atoms with E-state index >= 15 is 0 Å². The van der Waals surface area contributed by atoms with E-state index in [0.29, 0.717) is 0 Å². The van der Waals surface area contributed by atoms with E-state index in [2.05, 4.69) is 27.8 Å². The SMILES string of the molecule is CCCc1cc(Cl)c2cccc(Br)c2n1. The Kier molecular flexibility index (Phi) is 3.27. The lowest BCUT2D eigenvalue weighted by Crippen LogP contribution is -1.91. The number of rotatable bonds is 2. The van der Waals surface area contributed by atoms with E-state index < -0.39 is 0 Å². The van der Waals surface area contributed by atoms with Crippen LogP contribution in [0.3, 0.4) is 0 Å². The monoisotopic (exact) mass is 283 g/mol. The molecule has 0 saturated heterocycles. The number of fused-ring (bicyclic) bond motifs is 1. The van der Waals surface area contributed by atoms with Gasteiger partial charge in [0.25, 0.3) is 0 Å². The maximum Gasteiger partial charge on any atom is 0.0862 e. The summed E-state index contributed by atoms with van der Waals surface area (Å²) in [5, 5.41) is 1.79. The van der Waals surface area contributed by atoms with Gasteiger partial charge in [0.05, 0.1) is 10.5 Å². The minimum Gasteiger partial charge on any atom is -0.252 e. The Balaban J connectivity index is 2.68. The predicted molar refractivity (Wildman–Crippen MR) is 68.4 cm³/mol. The molecule has 0 unspecified atom stereocenters. The Morgan fingerprint density at radius 2 is 2.20 bits per heavy atom. The van der Waals surface area contributed by atoms with Gasteiger partial charge in [-0.25, -0.2) is 0 Å². The van der Waals surface area contributed by atoms with Gasteiger partial charge in [-0.05, 0) is 34.5 Å². The van der Waals surface area contributed by atoms with Crippen molar-refractivity contribution < 1.29 is 0 Å². The highest BCUT2D eigenvalue weighted by Crippen LogP contribution is 2.28. The van der Waals surface area contributed by atoms with Gasteiger partial charge in [-0.3, -0.25) is 4.98 Å². The molecule has 0 amide bonds. The third kappa shape index (κ3) is 2.16. The number of benzene rings is 1. The van der Waals surface area contributed by atoms with Crippen LogP contribution in [0, 0.1) is 0 Å². The maximum absolute atomic E-state index is 6.21. The van der Waals surface area contributed by atoms with Crippen molar-refractivity contribution in [2.75, 3.05) is 0 Å². The summed E-state index contributed by atoms with van der Waals surface area (Å²) in [6.07, 6.45) is 2.05. The molecule has 0 fully saturated rings. The lowest BCUT2D eigenvalue weighted by Gasteiger charge is -2.05. The molecule has 1 aromatic carbocycles. The lowest BCUT2D eigenvalue weighted by atomic mass is 10.1. The largest absolute Gasteiger partial charge is 0.252 e. The second kappa shape index (κ2) is 4.50. The fourth-order valence-corrected chi connectivity index (χ4v) is 2.34. The molecule has 1 aromatic heterocycles. The number of aryl methyl sites for hydroxylation is 1. The molecule has 1 heterocycles. The third-order valence-electron chi connectivity index (χ3n) is 2.30. The van der Waals surface area contributed by atoms with Crippen LogP contribution < -0.4 is 0 Å². The molecule has 0 bridgehead atoms. The molecule has 1 nitrogen and oxygen atoms in total. The van der Waals surface area contributed by atoms with Gasteiger partial charge in [0.15, 0.2) is 0 Å². The Hall–Kier alpha value is -0.600. The van der Waals surface area contributed by atoms with Crippen LogP contribution in [-0.4, -0.2) is 4.98 Å². The summed E-state index contributed by atoms with van der Waals surface area (Å²) >= 11 is 9.70. The van der Waals surface area contributed by atoms with Crippen molar-refractivity contribution in [1.29, 1.82) is 0 Å². The molecular formula is C12H11BrClN. The number of pyridine rings is 1. The van der Waals surface area contributed by atoms with Gasteiger partial charge in [0, 0.05) is 15.6 Å². The molecule has 0 atom stereocenters. The van der Waals surface area contributed by atoms with Gasteiger partial charge < -0.3 is 0 Å². The minimum absolute atomic E-state index is 0.782. The summed E-state index contributed by atoms with van der Waals surface area (Å²) in [6.45, 7) is 2.14. The van der Waals surface area contributed by atoms with Gasteiger partial charge in [0.1, 0.15) is 0 Å². The molecule has 0 aliphatic carbocycles. The molecule has 15 heavy (non-hydrogen) atoms. The van der Waals surface area contributed by atoms with E-state index in [-0.39, 0.29) is 0 Å². The Morgan fingerprint density at radius 3 is 2.93 bits per heavy atom. The van der Waals surface area contributed by atoms with E-state index in [9.17, 15) is 0 Å². The zero-order valence-corrected chi connectivity index (χ0v) is 10.8. The topological polar surface area (TPSA) is 12.9 Å². The minimum atomic E-state index is 0.782. The molecule has 0 saturated carbocycles. The van der Waals surface area contributed by atoms with E-state index in [1.165, 1.54) is 0 Å². The number of hydrogen-bond acceptors (Lipinski definition) is 1. The van der Waals surface area contributed by atoms with Crippen LogP contribution in [0.2, 0.25) is 5.02 Å². The third-order valence-corrected chi connectivity index (χ3v) is 3.25. The standard InChI is InChI=1S/C12H11BrClN/c1-2-4-8-7-11(14)9-5-3-6-10(13)12(9)15-8/h3,5-7H,2,4H2,1H3. The highest BCUT2D eigenvalue weighted by atomic mass is 79.9. The predicted octanol–water partition coefficient (Wildman–Crippen LogP) is 4.60. The lowest BCUT2D eigenvalue weighted by molar-refractivity contribution is 0.889. The van der Waals surface area contributed by atoms with Gasteiger partial charge in [0.2, 0.25) is 0 Å². The van der Waals surface area contributed by atoms with Gasteiger partial charge in [-0.15, -0.1) is 0 Å². The van der Waals surface area contributed by atoms with Crippen LogP contribution in [0.1, 0.15) is 19.0 Å². The van der Waals surface area contributed by atoms with Crippen LogP contribution in [-0.2, 0) is 6.42 Å². The number of aromatic nitrogens is 1. The first-order valence-corrected chi connectivity index (χ1v) is 6.13. The van der Waals surface area contributed by atoms with Crippen molar-refractivity contribution in [1.82, 2.24) is 4.98 Å². The van der Waals surface area contributed by atoms with Crippen LogP contribution in [0.25, 0.3) is 10.9 Å². The quantitative estimate of drug-likeness (QED) is 0.785. The van der Waals surface area contributed by atoms with Crippen molar-refractivity contribution in [2.24, 2.45) is 0 Å². The zero-order valence-electron chi connectivity index (χ0n) is 8.43. The number of nitrogens with zero attached hydrogens (tertiary/aromatic N) is 1. The molecule has 0 radical (unpaired) electrons. The van der Waals surface area contributed by atoms with Gasteiger partial charge in [-0.1, -0.05) is 37.1 Å². The van der Waals surface area contributed by atoms with Crippen molar-refractivity contribution >= 4 is 38.4 Å². The molecule has 0 N–H and O–H groups in total.